The van der Waals surface area contributed by atoms with Gasteiger partial charge in [0.25, 0.3) is 0 Å². The van der Waals surface area contributed by atoms with E-state index < -0.39 is 29.3 Å². The number of rotatable bonds is 24. The molecule has 0 bridgehead atoms. The van der Waals surface area contributed by atoms with Gasteiger partial charge in [-0.25, -0.2) is 0 Å². The molecule has 0 aliphatic heterocycles. The Kier molecular flexibility index (Phi) is 23.7. The van der Waals surface area contributed by atoms with E-state index in [1.165, 1.54) is 12.2 Å². The molecule has 0 saturated heterocycles. The Bertz CT molecular complexity index is 661. The van der Waals surface area contributed by atoms with E-state index >= 15 is 0 Å². The second-order valence-corrected chi connectivity index (χ2v) is 27.0. The fourth-order valence-corrected chi connectivity index (χ4v) is 21.3. The third-order valence-electron chi connectivity index (χ3n) is 6.95. The van der Waals surface area contributed by atoms with Gasteiger partial charge in [-0.2, -0.15) is 0 Å². The van der Waals surface area contributed by atoms with E-state index in [0.717, 1.165) is 85.9 Å². The summed E-state index contributed by atoms with van der Waals surface area (Å²) >= 11 is -3.53. The summed E-state index contributed by atoms with van der Waals surface area (Å²) in [5.74, 6) is -0.245. The zero-order valence-corrected chi connectivity index (χ0v) is 28.9. The van der Waals surface area contributed by atoms with Crippen LogP contribution in [0, 0.1) is 11.8 Å². The van der Waals surface area contributed by atoms with E-state index in [1.807, 2.05) is 0 Å². The number of ether oxygens (including phenoxy) is 2. The van der Waals surface area contributed by atoms with E-state index in [9.17, 15) is 14.4 Å². The van der Waals surface area contributed by atoms with Crippen molar-refractivity contribution in [2.75, 3.05) is 19.0 Å². The Hall–Kier alpha value is -0.701. The molecule has 0 N–H and O–H groups in total. The van der Waals surface area contributed by atoms with Gasteiger partial charge in [0, 0.05) is 0 Å². The summed E-state index contributed by atoms with van der Waals surface area (Å²) in [5.41, 5.74) is 0. The average Bonchev–Trinajstić information content (AvgIpc) is 2.92. The molecule has 2 atom stereocenters. The van der Waals surface area contributed by atoms with Gasteiger partial charge in [0.05, 0.1) is 0 Å². The van der Waals surface area contributed by atoms with Crippen LogP contribution < -0.4 is 0 Å². The second kappa shape index (κ2) is 24.1. The van der Waals surface area contributed by atoms with Crippen LogP contribution in [-0.4, -0.2) is 54.3 Å². The molecule has 0 saturated carbocycles. The molecule has 0 spiro atoms. The van der Waals surface area contributed by atoms with Crippen LogP contribution in [0.5, 0.6) is 0 Å². The summed E-state index contributed by atoms with van der Waals surface area (Å²) in [6, 6.07) is 0. The van der Waals surface area contributed by atoms with E-state index in [0.29, 0.717) is 25.0 Å². The monoisotopic (exact) mass is 664 g/mol. The van der Waals surface area contributed by atoms with Gasteiger partial charge >= 0.3 is 242 Å². The predicted molar refractivity (Wildman–Crippen MR) is 161 cm³/mol. The van der Waals surface area contributed by atoms with Crippen LogP contribution in [0.2, 0.25) is 8.87 Å². The third kappa shape index (κ3) is 18.6. The summed E-state index contributed by atoms with van der Waals surface area (Å²) in [7, 11) is 1.56. The van der Waals surface area contributed by atoms with E-state index in [-0.39, 0.29) is 11.7 Å². The molecule has 2 unspecified atom stereocenters. The zero-order chi connectivity index (χ0) is 28.7. The Morgan fingerprint density at radius 2 is 1.16 bits per heavy atom. The molecule has 0 aromatic rings. The van der Waals surface area contributed by atoms with Crippen LogP contribution in [-0.2, 0) is 26.9 Å². The fourth-order valence-electron chi connectivity index (χ4n) is 4.13. The molecule has 0 aliphatic carbocycles. The van der Waals surface area contributed by atoms with Crippen LogP contribution in [0.25, 0.3) is 0 Å². The molecular weight excluding hydrogens is 607 g/mol. The zero-order valence-electron chi connectivity index (χ0n) is 25.2. The molecule has 0 heterocycles. The topological polar surface area (TPSA) is 78.9 Å². The van der Waals surface area contributed by atoms with Crippen LogP contribution in [0.3, 0.4) is 0 Å². The van der Waals surface area contributed by atoms with Gasteiger partial charge in [-0.1, -0.05) is 0 Å². The molecular formula is C30H56O6SSn. The summed E-state index contributed by atoms with van der Waals surface area (Å²) in [6.45, 7) is 13.6. The van der Waals surface area contributed by atoms with Crippen molar-refractivity contribution in [3.8, 4) is 0 Å². The molecule has 38 heavy (non-hydrogen) atoms. The van der Waals surface area contributed by atoms with E-state index in [4.69, 9.17) is 12.5 Å². The molecule has 0 aromatic heterocycles. The normalized spacial score (nSPS) is 13.3. The van der Waals surface area contributed by atoms with Crippen molar-refractivity contribution in [1.29, 1.82) is 0 Å². The van der Waals surface area contributed by atoms with Crippen LogP contribution in [0.15, 0.2) is 12.2 Å². The number of carbonyl (C=O) groups excluding carboxylic acids is 3. The maximum absolute atomic E-state index is 12.8. The first-order valence-electron chi connectivity index (χ1n) is 15.2. The van der Waals surface area contributed by atoms with Gasteiger partial charge in [-0.15, -0.1) is 0 Å². The number of hydrogen-bond acceptors (Lipinski definition) is 7. The Morgan fingerprint density at radius 3 is 1.63 bits per heavy atom. The molecule has 222 valence electrons. The number of unbranched alkanes of at least 4 members (excludes halogenated alkanes) is 4. The van der Waals surface area contributed by atoms with Crippen molar-refractivity contribution in [1.82, 2.24) is 0 Å². The molecule has 0 rings (SSSR count). The van der Waals surface area contributed by atoms with Crippen molar-refractivity contribution < 1.29 is 26.9 Å². The SMILES string of the molecule is CCCCC(CC)COC(=O)C=CC(=O)[O][Sn]([CH2]CCC)([CH2]CCC)[S]CC(=O)OCC(CC)CCCC. The first-order valence-corrected chi connectivity index (χ1v) is 24.8. The molecule has 0 fully saturated rings. The molecule has 6 nitrogen and oxygen atoms in total. The third-order valence-corrected chi connectivity index (χ3v) is 24.9. The fraction of sp³-hybridized carbons (Fsp3) is 0.833. The summed E-state index contributed by atoms with van der Waals surface area (Å²) in [4.78, 5) is 37.7. The number of hydrogen-bond donors (Lipinski definition) is 0. The quantitative estimate of drug-likeness (QED) is 0.0583. The molecule has 0 amide bonds. The Morgan fingerprint density at radius 1 is 0.684 bits per heavy atom. The maximum atomic E-state index is 12.8. The van der Waals surface area contributed by atoms with Gasteiger partial charge in [0.2, 0.25) is 0 Å². The van der Waals surface area contributed by atoms with Gasteiger partial charge in [-0.3, -0.25) is 0 Å². The summed E-state index contributed by atoms with van der Waals surface area (Å²) in [6.07, 6.45) is 14.9. The molecule has 0 aromatic carbocycles. The predicted octanol–water partition coefficient (Wildman–Crippen LogP) is 8.38. The first kappa shape index (κ1) is 37.3. The van der Waals surface area contributed by atoms with Gasteiger partial charge in [0.15, 0.2) is 0 Å². The molecule has 0 radical (unpaired) electrons. The van der Waals surface area contributed by atoms with Crippen LogP contribution in [0.1, 0.15) is 119 Å². The first-order chi connectivity index (χ1) is 18.3. The van der Waals surface area contributed by atoms with Crippen molar-refractivity contribution in [3.63, 3.8) is 0 Å². The van der Waals surface area contributed by atoms with Gasteiger partial charge in [0.1, 0.15) is 0 Å². The summed E-state index contributed by atoms with van der Waals surface area (Å²) < 4.78 is 18.9. The van der Waals surface area contributed by atoms with E-state index in [1.54, 1.807) is 8.95 Å². The van der Waals surface area contributed by atoms with Crippen molar-refractivity contribution in [2.45, 2.75) is 127 Å². The average molecular weight is 664 g/mol. The van der Waals surface area contributed by atoms with E-state index in [2.05, 4.69) is 41.5 Å². The molecule has 8 heteroatoms. The van der Waals surface area contributed by atoms with Crippen molar-refractivity contribution in [3.05, 3.63) is 12.2 Å². The minimum absolute atomic E-state index is 0.220. The van der Waals surface area contributed by atoms with Crippen molar-refractivity contribution in [2.24, 2.45) is 11.8 Å². The Balaban J connectivity index is 5.13. The standard InChI is InChI=1S/C12H20O4.C10H20O2S.2C4H9.Sn/c1-3-5-6-10(4-2)9-16-12(15)8-7-11(13)14;1-3-5-6-9(4-2)7-12-10(11)8-13;2*1-3-4-2;/h7-8,10H,3-6,9H2,1-2H3,(H,13,14);9,13H,3-8H2,1-2H3;2*1,3-4H2,2H3;/q;;;;+2/p-2. The van der Waals surface area contributed by atoms with Crippen LogP contribution in [0.4, 0.5) is 0 Å². The molecule has 0 aliphatic rings. The van der Waals surface area contributed by atoms with Crippen molar-refractivity contribution >= 4 is 44.3 Å². The second-order valence-electron chi connectivity index (χ2n) is 10.3. The van der Waals surface area contributed by atoms with Gasteiger partial charge < -0.3 is 0 Å². The summed E-state index contributed by atoms with van der Waals surface area (Å²) in [5, 5.41) is 0. The minimum atomic E-state index is -3.53. The number of esters is 2. The van der Waals surface area contributed by atoms with Crippen LogP contribution >= 0.6 is 8.95 Å². The number of carbonyl (C=O) groups is 3. The Labute approximate surface area is 240 Å². The van der Waals surface area contributed by atoms with Gasteiger partial charge in [-0.05, 0) is 0 Å².